The number of aromatic amines is 1. The molecule has 8 heteroatoms. The van der Waals surface area contributed by atoms with Gasteiger partial charge in [-0.3, -0.25) is 4.79 Å². The highest BCUT2D eigenvalue weighted by atomic mass is 16.2. The van der Waals surface area contributed by atoms with Gasteiger partial charge in [0.25, 0.3) is 5.91 Å². The van der Waals surface area contributed by atoms with Crippen LogP contribution in [0.5, 0.6) is 0 Å². The number of rotatable bonds is 6. The van der Waals surface area contributed by atoms with Crippen molar-refractivity contribution >= 4 is 12.1 Å². The van der Waals surface area contributed by atoms with Crippen molar-refractivity contribution in [1.82, 2.24) is 30.6 Å². The number of aryl methyl sites for hydroxylation is 2. The Morgan fingerprint density at radius 2 is 1.90 bits per heavy atom. The van der Waals surface area contributed by atoms with Crippen molar-refractivity contribution in [2.24, 2.45) is 5.10 Å². The summed E-state index contributed by atoms with van der Waals surface area (Å²) in [5.41, 5.74) is 7.95. The van der Waals surface area contributed by atoms with E-state index in [4.69, 9.17) is 0 Å². The summed E-state index contributed by atoms with van der Waals surface area (Å²) in [6.07, 6.45) is 1.63. The Labute approximate surface area is 173 Å². The van der Waals surface area contributed by atoms with Gasteiger partial charge in [-0.2, -0.15) is 9.90 Å². The molecule has 4 aromatic rings. The summed E-state index contributed by atoms with van der Waals surface area (Å²) in [4.78, 5) is 17.0. The molecule has 0 aliphatic rings. The first-order chi connectivity index (χ1) is 14.6. The van der Waals surface area contributed by atoms with Crippen molar-refractivity contribution in [3.05, 3.63) is 88.7 Å². The van der Waals surface area contributed by atoms with E-state index < -0.39 is 0 Å². The minimum absolute atomic E-state index is 0.270. The van der Waals surface area contributed by atoms with Gasteiger partial charge in [-0.05, 0) is 42.8 Å². The Hall–Kier alpha value is -4.07. The van der Waals surface area contributed by atoms with Crippen LogP contribution in [0.4, 0.5) is 0 Å². The largest absolute Gasteiger partial charge is 0.362 e. The lowest BCUT2D eigenvalue weighted by molar-refractivity contribution is 0.0955. The van der Waals surface area contributed by atoms with Gasteiger partial charge in [0.1, 0.15) is 0 Å². The van der Waals surface area contributed by atoms with Crippen LogP contribution in [0.3, 0.4) is 0 Å². The van der Waals surface area contributed by atoms with E-state index in [0.717, 1.165) is 28.1 Å². The Kier molecular flexibility index (Phi) is 5.47. The fourth-order valence-electron chi connectivity index (χ4n) is 3.04. The van der Waals surface area contributed by atoms with Crippen LogP contribution in [-0.4, -0.2) is 37.3 Å². The molecule has 2 heterocycles. The zero-order valence-electron chi connectivity index (χ0n) is 16.7. The number of carbonyl (C=O) groups is 1. The van der Waals surface area contributed by atoms with Crippen molar-refractivity contribution in [3.8, 4) is 11.4 Å². The Balaban J connectivity index is 1.36. The first-order valence-electron chi connectivity index (χ1n) is 9.50. The molecule has 2 aromatic carbocycles. The molecule has 0 unspecified atom stereocenters. The molecule has 0 bridgehead atoms. The lowest BCUT2D eigenvalue weighted by atomic mass is 10.1. The fourth-order valence-corrected chi connectivity index (χ4v) is 3.04. The lowest BCUT2D eigenvalue weighted by Crippen LogP contribution is -2.17. The number of H-pyrrole nitrogens is 1. The number of hydrogen-bond acceptors (Lipinski definition) is 5. The summed E-state index contributed by atoms with van der Waals surface area (Å²) in [6.45, 7) is 4.40. The van der Waals surface area contributed by atoms with Crippen LogP contribution in [0.2, 0.25) is 0 Å². The fraction of sp³-hybridized carbons (Fsp3) is 0.136. The van der Waals surface area contributed by atoms with Crippen molar-refractivity contribution < 1.29 is 4.79 Å². The van der Waals surface area contributed by atoms with Gasteiger partial charge < -0.3 is 4.98 Å². The Morgan fingerprint density at radius 1 is 1.13 bits per heavy atom. The van der Waals surface area contributed by atoms with Gasteiger partial charge in [-0.25, -0.2) is 5.43 Å². The van der Waals surface area contributed by atoms with E-state index in [-0.39, 0.29) is 5.91 Å². The molecular formula is C22H21N7O. The molecule has 1 amide bonds. The quantitative estimate of drug-likeness (QED) is 0.384. The minimum atomic E-state index is -0.270. The van der Waals surface area contributed by atoms with Crippen LogP contribution >= 0.6 is 0 Å². The summed E-state index contributed by atoms with van der Waals surface area (Å²) in [6, 6.07) is 18.9. The third kappa shape index (κ3) is 4.49. The molecule has 150 valence electrons. The number of benzene rings is 2. The summed E-state index contributed by atoms with van der Waals surface area (Å²) in [5, 5.41) is 16.6. The van der Waals surface area contributed by atoms with Crippen LogP contribution in [0.15, 0.2) is 65.8 Å². The van der Waals surface area contributed by atoms with E-state index >= 15 is 0 Å². The molecule has 8 nitrogen and oxygen atoms in total. The number of nitrogens with one attached hydrogen (secondary N) is 2. The van der Waals surface area contributed by atoms with Gasteiger partial charge in [0, 0.05) is 28.1 Å². The highest BCUT2D eigenvalue weighted by Gasteiger charge is 2.08. The first-order valence-corrected chi connectivity index (χ1v) is 9.50. The standard InChI is InChI=1S/C22H21N7O/c1-15-12-20(16(2)24-15)13-23-26-22(30)19-10-8-17(9-11-19)14-29-27-21(25-28-29)18-6-4-3-5-7-18/h3-13,24H,14H2,1-2H3,(H,26,30)/b23-13+. The van der Waals surface area contributed by atoms with Crippen molar-refractivity contribution in [3.63, 3.8) is 0 Å². The van der Waals surface area contributed by atoms with Gasteiger partial charge in [0.2, 0.25) is 5.82 Å². The van der Waals surface area contributed by atoms with Crippen LogP contribution in [0.25, 0.3) is 11.4 Å². The Bertz CT molecular complexity index is 1170. The van der Waals surface area contributed by atoms with Crippen molar-refractivity contribution in [2.75, 3.05) is 0 Å². The van der Waals surface area contributed by atoms with Gasteiger partial charge in [-0.1, -0.05) is 42.5 Å². The molecule has 4 rings (SSSR count). The average Bonchev–Trinajstić information content (AvgIpc) is 3.35. The molecule has 0 spiro atoms. The maximum Gasteiger partial charge on any atom is 0.271 e. The number of amides is 1. The molecular weight excluding hydrogens is 378 g/mol. The highest BCUT2D eigenvalue weighted by Crippen LogP contribution is 2.13. The lowest BCUT2D eigenvalue weighted by Gasteiger charge is -2.03. The van der Waals surface area contributed by atoms with Gasteiger partial charge in [0.15, 0.2) is 0 Å². The van der Waals surface area contributed by atoms with E-state index in [2.05, 4.69) is 30.9 Å². The van der Waals surface area contributed by atoms with Crippen LogP contribution in [0, 0.1) is 13.8 Å². The number of hydrazone groups is 1. The smallest absolute Gasteiger partial charge is 0.271 e. The molecule has 0 fully saturated rings. The molecule has 2 aromatic heterocycles. The maximum atomic E-state index is 12.3. The van der Waals surface area contributed by atoms with Gasteiger partial charge in [-0.15, -0.1) is 10.2 Å². The first kappa shape index (κ1) is 19.3. The zero-order chi connectivity index (χ0) is 20.9. The van der Waals surface area contributed by atoms with Gasteiger partial charge in [0.05, 0.1) is 12.8 Å². The minimum Gasteiger partial charge on any atom is -0.362 e. The van der Waals surface area contributed by atoms with Crippen LogP contribution < -0.4 is 5.43 Å². The predicted molar refractivity (Wildman–Crippen MR) is 114 cm³/mol. The topological polar surface area (TPSA) is 101 Å². The predicted octanol–water partition coefficient (Wildman–Crippen LogP) is 3.10. The number of carbonyl (C=O) groups excluding carboxylic acids is 1. The van der Waals surface area contributed by atoms with Gasteiger partial charge >= 0.3 is 0 Å². The average molecular weight is 399 g/mol. The normalized spacial score (nSPS) is 11.1. The third-order valence-corrected chi connectivity index (χ3v) is 4.58. The number of hydrogen-bond donors (Lipinski definition) is 2. The summed E-state index contributed by atoms with van der Waals surface area (Å²) in [7, 11) is 0. The monoisotopic (exact) mass is 399 g/mol. The molecule has 30 heavy (non-hydrogen) atoms. The molecule has 0 aliphatic heterocycles. The molecule has 0 saturated carbocycles. The summed E-state index contributed by atoms with van der Waals surface area (Å²) < 4.78 is 0. The summed E-state index contributed by atoms with van der Waals surface area (Å²) >= 11 is 0. The van der Waals surface area contributed by atoms with Crippen LogP contribution in [-0.2, 0) is 6.54 Å². The second kappa shape index (κ2) is 8.52. The second-order valence-electron chi connectivity index (χ2n) is 6.94. The number of tetrazole rings is 1. The maximum absolute atomic E-state index is 12.3. The molecule has 0 aliphatic carbocycles. The highest BCUT2D eigenvalue weighted by molar-refractivity contribution is 5.95. The molecule has 0 atom stereocenters. The molecule has 0 saturated heterocycles. The molecule has 2 N–H and O–H groups in total. The second-order valence-corrected chi connectivity index (χ2v) is 6.94. The number of aromatic nitrogens is 5. The Morgan fingerprint density at radius 3 is 2.60 bits per heavy atom. The van der Waals surface area contributed by atoms with Crippen LogP contribution in [0.1, 0.15) is 32.9 Å². The third-order valence-electron chi connectivity index (χ3n) is 4.58. The van der Waals surface area contributed by atoms with Crippen molar-refractivity contribution in [2.45, 2.75) is 20.4 Å². The van der Waals surface area contributed by atoms with E-state index in [1.165, 1.54) is 4.80 Å². The number of nitrogens with zero attached hydrogens (tertiary/aromatic N) is 5. The van der Waals surface area contributed by atoms with Crippen molar-refractivity contribution in [1.29, 1.82) is 0 Å². The zero-order valence-corrected chi connectivity index (χ0v) is 16.7. The van der Waals surface area contributed by atoms with E-state index in [0.29, 0.717) is 17.9 Å². The van der Waals surface area contributed by atoms with E-state index in [1.807, 2.05) is 62.4 Å². The van der Waals surface area contributed by atoms with E-state index in [9.17, 15) is 4.79 Å². The van der Waals surface area contributed by atoms with E-state index in [1.54, 1.807) is 18.3 Å². The molecule has 0 radical (unpaired) electrons. The summed E-state index contributed by atoms with van der Waals surface area (Å²) in [5.74, 6) is 0.310. The SMILES string of the molecule is Cc1cc(/C=N/NC(=O)c2ccc(Cn3nnc(-c4ccccc4)n3)cc2)c(C)[nH]1.